The molecule has 2 atom stereocenters. The number of nitrogens with one attached hydrogen (secondary N) is 1. The molecule has 1 saturated carbocycles. The number of rotatable bonds is 4. The second-order valence-corrected chi connectivity index (χ2v) is 7.01. The number of anilines is 1. The molecule has 4 heteroatoms. The fourth-order valence-electron chi connectivity index (χ4n) is 3.18. The molecule has 1 fully saturated rings. The second-order valence-electron chi connectivity index (χ2n) is 5.98. The highest BCUT2D eigenvalue weighted by atomic mass is 32.1. The molecule has 2 aromatic rings. The summed E-state index contributed by atoms with van der Waals surface area (Å²) >= 11 is 1.54. The molecule has 0 saturated heterocycles. The summed E-state index contributed by atoms with van der Waals surface area (Å²) in [6.45, 7) is 3.33. The smallest absolute Gasteiger partial charge is 0.183 e. The Morgan fingerprint density at radius 3 is 3.15 bits per heavy atom. The maximum absolute atomic E-state index is 13.1. The number of hydrogen-bond donors (Lipinski definition) is 1. The van der Waals surface area contributed by atoms with Gasteiger partial charge in [-0.1, -0.05) is 37.5 Å². The molecule has 108 valence electrons. The normalized spacial score (nSPS) is 23.1. The van der Waals surface area contributed by atoms with Crippen molar-refractivity contribution >= 4 is 26.7 Å². The van der Waals surface area contributed by atoms with Crippen LogP contribution < -0.4 is 5.32 Å². The van der Waals surface area contributed by atoms with Crippen LogP contribution in [0.25, 0.3) is 10.2 Å². The van der Waals surface area contributed by atoms with Crippen molar-refractivity contribution in [2.24, 2.45) is 11.8 Å². The van der Waals surface area contributed by atoms with Crippen molar-refractivity contribution < 1.29 is 4.39 Å². The van der Waals surface area contributed by atoms with Crippen LogP contribution in [-0.4, -0.2) is 11.5 Å². The van der Waals surface area contributed by atoms with Crippen molar-refractivity contribution in [1.29, 1.82) is 0 Å². The molecule has 3 rings (SSSR count). The van der Waals surface area contributed by atoms with Gasteiger partial charge < -0.3 is 5.32 Å². The molecule has 2 unspecified atom stereocenters. The van der Waals surface area contributed by atoms with Gasteiger partial charge in [0.25, 0.3) is 0 Å². The summed E-state index contributed by atoms with van der Waals surface area (Å²) in [5, 5.41) is 4.31. The molecular weight excluding hydrogens is 271 g/mol. The molecule has 1 aliphatic carbocycles. The van der Waals surface area contributed by atoms with Crippen LogP contribution in [0.1, 0.15) is 39.0 Å². The van der Waals surface area contributed by atoms with E-state index in [-0.39, 0.29) is 5.82 Å². The molecule has 1 aromatic heterocycles. The molecular formula is C16H21FN2S. The Balaban J connectivity index is 1.54. The summed E-state index contributed by atoms with van der Waals surface area (Å²) in [4.78, 5) is 4.49. The van der Waals surface area contributed by atoms with E-state index in [0.29, 0.717) is 0 Å². The van der Waals surface area contributed by atoms with Gasteiger partial charge in [0.15, 0.2) is 5.13 Å². The first-order valence-electron chi connectivity index (χ1n) is 7.50. The molecule has 2 nitrogen and oxygen atoms in total. The standard InChI is InChI=1S/C16H21FN2S/c1-11-3-2-4-12(9-11)7-8-18-16-19-14-6-5-13(17)10-15(14)20-16/h5-6,10-12H,2-4,7-9H2,1H3,(H,18,19). The van der Waals surface area contributed by atoms with E-state index in [4.69, 9.17) is 0 Å². The number of hydrogen-bond acceptors (Lipinski definition) is 3. The van der Waals surface area contributed by atoms with Crippen LogP contribution in [0.15, 0.2) is 18.2 Å². The van der Waals surface area contributed by atoms with Gasteiger partial charge in [0, 0.05) is 6.54 Å². The highest BCUT2D eigenvalue weighted by Crippen LogP contribution is 2.31. The highest BCUT2D eigenvalue weighted by Gasteiger charge is 2.18. The first-order valence-corrected chi connectivity index (χ1v) is 8.32. The Morgan fingerprint density at radius 1 is 1.40 bits per heavy atom. The minimum absolute atomic E-state index is 0.191. The zero-order valence-electron chi connectivity index (χ0n) is 11.9. The third-order valence-electron chi connectivity index (χ3n) is 4.22. The Bertz CT molecular complexity index is 581. The lowest BCUT2D eigenvalue weighted by Crippen LogP contribution is -2.16. The minimum atomic E-state index is -0.191. The molecule has 1 N–H and O–H groups in total. The monoisotopic (exact) mass is 292 g/mol. The van der Waals surface area contributed by atoms with Gasteiger partial charge in [-0.15, -0.1) is 0 Å². The summed E-state index contributed by atoms with van der Waals surface area (Å²) in [7, 11) is 0. The van der Waals surface area contributed by atoms with Crippen LogP contribution in [0.5, 0.6) is 0 Å². The molecule has 0 spiro atoms. The van der Waals surface area contributed by atoms with Crippen LogP contribution in [0.2, 0.25) is 0 Å². The van der Waals surface area contributed by atoms with E-state index in [9.17, 15) is 4.39 Å². The lowest BCUT2D eigenvalue weighted by Gasteiger charge is -2.26. The number of nitrogens with zero attached hydrogens (tertiary/aromatic N) is 1. The zero-order chi connectivity index (χ0) is 13.9. The molecule has 1 aromatic carbocycles. The third-order valence-corrected chi connectivity index (χ3v) is 5.20. The molecule has 20 heavy (non-hydrogen) atoms. The molecule has 1 aliphatic rings. The minimum Gasteiger partial charge on any atom is -0.361 e. The predicted octanol–water partition coefficient (Wildman–Crippen LogP) is 5.06. The number of benzene rings is 1. The van der Waals surface area contributed by atoms with E-state index >= 15 is 0 Å². The summed E-state index contributed by atoms with van der Waals surface area (Å²) in [5.41, 5.74) is 0.880. The van der Waals surface area contributed by atoms with Gasteiger partial charge in [0.05, 0.1) is 10.2 Å². The first kappa shape index (κ1) is 13.8. The van der Waals surface area contributed by atoms with Gasteiger partial charge in [-0.3, -0.25) is 0 Å². The van der Waals surface area contributed by atoms with Gasteiger partial charge in [0.1, 0.15) is 5.82 Å². The number of halogens is 1. The molecule has 0 radical (unpaired) electrons. The van der Waals surface area contributed by atoms with Crippen molar-refractivity contribution in [3.05, 3.63) is 24.0 Å². The molecule has 0 aliphatic heterocycles. The third kappa shape index (κ3) is 3.29. The second kappa shape index (κ2) is 6.08. The van der Waals surface area contributed by atoms with Crippen LogP contribution >= 0.6 is 11.3 Å². The van der Waals surface area contributed by atoms with Gasteiger partial charge in [0.2, 0.25) is 0 Å². The van der Waals surface area contributed by atoms with Crippen molar-refractivity contribution in [1.82, 2.24) is 4.98 Å². The van der Waals surface area contributed by atoms with Crippen LogP contribution in [0, 0.1) is 17.7 Å². The first-order chi connectivity index (χ1) is 9.70. The number of aromatic nitrogens is 1. The average molecular weight is 292 g/mol. The Kier molecular flexibility index (Phi) is 4.20. The lowest BCUT2D eigenvalue weighted by atomic mass is 9.81. The molecule has 0 amide bonds. The maximum atomic E-state index is 13.1. The van der Waals surface area contributed by atoms with E-state index in [1.54, 1.807) is 12.1 Å². The maximum Gasteiger partial charge on any atom is 0.183 e. The topological polar surface area (TPSA) is 24.9 Å². The summed E-state index contributed by atoms with van der Waals surface area (Å²) in [5.74, 6) is 1.56. The average Bonchev–Trinajstić information content (AvgIpc) is 2.80. The summed E-state index contributed by atoms with van der Waals surface area (Å²) in [6, 6.07) is 4.77. The van der Waals surface area contributed by atoms with Gasteiger partial charge in [-0.2, -0.15) is 0 Å². The predicted molar refractivity (Wildman–Crippen MR) is 83.8 cm³/mol. The Hall–Kier alpha value is -1.16. The quantitative estimate of drug-likeness (QED) is 0.851. The van der Waals surface area contributed by atoms with Gasteiger partial charge in [-0.05, 0) is 42.9 Å². The van der Waals surface area contributed by atoms with Crippen LogP contribution in [0.3, 0.4) is 0 Å². The molecule has 1 heterocycles. The van der Waals surface area contributed by atoms with Gasteiger partial charge >= 0.3 is 0 Å². The molecule has 0 bridgehead atoms. The Morgan fingerprint density at radius 2 is 2.30 bits per heavy atom. The van der Waals surface area contributed by atoms with E-state index in [2.05, 4.69) is 17.2 Å². The summed E-state index contributed by atoms with van der Waals surface area (Å²) < 4.78 is 14.1. The van der Waals surface area contributed by atoms with E-state index in [1.807, 2.05) is 0 Å². The van der Waals surface area contributed by atoms with Crippen molar-refractivity contribution in [3.63, 3.8) is 0 Å². The zero-order valence-corrected chi connectivity index (χ0v) is 12.7. The highest BCUT2D eigenvalue weighted by molar-refractivity contribution is 7.22. The van der Waals surface area contributed by atoms with Gasteiger partial charge in [-0.25, -0.2) is 9.37 Å². The van der Waals surface area contributed by atoms with E-state index in [1.165, 1.54) is 49.5 Å². The fraction of sp³-hybridized carbons (Fsp3) is 0.562. The van der Waals surface area contributed by atoms with Crippen molar-refractivity contribution in [2.75, 3.05) is 11.9 Å². The van der Waals surface area contributed by atoms with E-state index in [0.717, 1.165) is 33.7 Å². The van der Waals surface area contributed by atoms with Crippen LogP contribution in [-0.2, 0) is 0 Å². The SMILES string of the molecule is CC1CCCC(CCNc2nc3ccc(F)cc3s2)C1. The Labute approximate surface area is 123 Å². The number of thiazole rings is 1. The lowest BCUT2D eigenvalue weighted by molar-refractivity contribution is 0.274. The summed E-state index contributed by atoms with van der Waals surface area (Å²) in [6.07, 6.45) is 6.73. The van der Waals surface area contributed by atoms with Crippen molar-refractivity contribution in [3.8, 4) is 0 Å². The number of fused-ring (bicyclic) bond motifs is 1. The van der Waals surface area contributed by atoms with Crippen LogP contribution in [0.4, 0.5) is 9.52 Å². The van der Waals surface area contributed by atoms with E-state index < -0.39 is 0 Å². The fourth-order valence-corrected chi connectivity index (χ4v) is 4.10. The van der Waals surface area contributed by atoms with Crippen molar-refractivity contribution in [2.45, 2.75) is 39.0 Å². The largest absolute Gasteiger partial charge is 0.361 e.